The molecule has 3 aliphatic rings. The van der Waals surface area contributed by atoms with E-state index in [-0.39, 0.29) is 35.2 Å². The van der Waals surface area contributed by atoms with Gasteiger partial charge in [0.15, 0.2) is 0 Å². The van der Waals surface area contributed by atoms with Gasteiger partial charge in [-0.15, -0.1) is 0 Å². The van der Waals surface area contributed by atoms with Crippen LogP contribution in [0.5, 0.6) is 0 Å². The molecule has 0 radical (unpaired) electrons. The third-order valence-corrected chi connectivity index (χ3v) is 7.17. The van der Waals surface area contributed by atoms with Crippen molar-refractivity contribution < 1.29 is 14.3 Å². The number of carbonyl (C=O) groups excluding carboxylic acids is 2. The van der Waals surface area contributed by atoms with E-state index in [1.165, 1.54) is 19.8 Å². The third kappa shape index (κ3) is 3.79. The Labute approximate surface area is 171 Å². The zero-order valence-corrected chi connectivity index (χ0v) is 17.2. The van der Waals surface area contributed by atoms with E-state index in [0.717, 1.165) is 36.8 Å². The average Bonchev–Trinajstić information content (AvgIpc) is 3.27. The largest absolute Gasteiger partial charge is 0.376 e. The maximum atomic E-state index is 13.2. The van der Waals surface area contributed by atoms with Gasteiger partial charge in [-0.05, 0) is 43.7 Å². The Kier molecular flexibility index (Phi) is 5.66. The Morgan fingerprint density at radius 2 is 1.96 bits per heavy atom. The quantitative estimate of drug-likeness (QED) is 0.803. The van der Waals surface area contributed by atoms with Crippen molar-refractivity contribution in [3.05, 3.63) is 34.3 Å². The Morgan fingerprint density at radius 1 is 1.18 bits per heavy atom. The Morgan fingerprint density at radius 3 is 2.71 bits per heavy atom. The Bertz CT molecular complexity index is 760. The molecule has 1 aromatic carbocycles. The first-order valence-corrected chi connectivity index (χ1v) is 10.8. The molecule has 1 spiro atoms. The van der Waals surface area contributed by atoms with Gasteiger partial charge < -0.3 is 15.4 Å². The van der Waals surface area contributed by atoms with Gasteiger partial charge in [-0.25, -0.2) is 0 Å². The number of hydrogen-bond donors (Lipinski definition) is 2. The highest BCUT2D eigenvalue weighted by Crippen LogP contribution is 2.51. The van der Waals surface area contributed by atoms with Crippen LogP contribution in [0.1, 0.15) is 69.0 Å². The van der Waals surface area contributed by atoms with Crippen molar-refractivity contribution in [3.63, 3.8) is 0 Å². The topological polar surface area (TPSA) is 67.4 Å². The van der Waals surface area contributed by atoms with Crippen LogP contribution in [0.4, 0.5) is 0 Å². The minimum Gasteiger partial charge on any atom is -0.376 e. The van der Waals surface area contributed by atoms with Gasteiger partial charge in [-0.1, -0.05) is 36.6 Å². The lowest BCUT2D eigenvalue weighted by molar-refractivity contribution is -0.127. The number of halogens is 1. The molecule has 2 N–H and O–H groups in total. The molecule has 0 saturated heterocycles. The van der Waals surface area contributed by atoms with Crippen LogP contribution in [0, 0.1) is 11.3 Å². The van der Waals surface area contributed by atoms with Crippen molar-refractivity contribution in [1.82, 2.24) is 10.6 Å². The molecule has 1 unspecified atom stereocenters. The summed E-state index contributed by atoms with van der Waals surface area (Å²) < 4.78 is 6.05. The van der Waals surface area contributed by atoms with Crippen molar-refractivity contribution in [3.8, 4) is 0 Å². The Hall–Kier alpha value is -1.59. The third-order valence-electron chi connectivity index (χ3n) is 6.81. The highest BCUT2D eigenvalue weighted by atomic mass is 35.5. The fourth-order valence-electron chi connectivity index (χ4n) is 5.41. The van der Waals surface area contributed by atoms with Gasteiger partial charge in [0.2, 0.25) is 11.8 Å². The number of fused-ring (bicyclic) bond motifs is 1. The van der Waals surface area contributed by atoms with Crippen LogP contribution in [-0.4, -0.2) is 24.5 Å². The van der Waals surface area contributed by atoms with Crippen molar-refractivity contribution in [2.45, 2.75) is 70.6 Å². The number of amides is 2. The van der Waals surface area contributed by atoms with Gasteiger partial charge in [0.1, 0.15) is 0 Å². The van der Waals surface area contributed by atoms with E-state index < -0.39 is 0 Å². The summed E-state index contributed by atoms with van der Waals surface area (Å²) in [6, 6.07) is 5.99. The van der Waals surface area contributed by atoms with E-state index in [1.54, 1.807) is 0 Å². The molecule has 4 rings (SSSR count). The second-order valence-electron chi connectivity index (χ2n) is 8.72. The molecule has 5 nitrogen and oxygen atoms in total. The first kappa shape index (κ1) is 19.7. The zero-order valence-electron chi connectivity index (χ0n) is 16.4. The summed E-state index contributed by atoms with van der Waals surface area (Å²) in [4.78, 5) is 24.5. The predicted octanol–water partition coefficient (Wildman–Crippen LogP) is 3.89. The van der Waals surface area contributed by atoms with Crippen molar-refractivity contribution >= 4 is 23.4 Å². The maximum Gasteiger partial charge on any atom is 0.223 e. The van der Waals surface area contributed by atoms with Gasteiger partial charge in [0.05, 0.1) is 19.3 Å². The van der Waals surface area contributed by atoms with Gasteiger partial charge in [0, 0.05) is 34.9 Å². The van der Waals surface area contributed by atoms with E-state index in [9.17, 15) is 9.59 Å². The van der Waals surface area contributed by atoms with Crippen LogP contribution >= 0.6 is 11.6 Å². The lowest BCUT2D eigenvalue weighted by atomic mass is 9.75. The van der Waals surface area contributed by atoms with Gasteiger partial charge in [-0.3, -0.25) is 9.59 Å². The van der Waals surface area contributed by atoms with Crippen LogP contribution < -0.4 is 10.6 Å². The molecular weight excluding hydrogens is 376 g/mol. The molecule has 3 atom stereocenters. The number of nitrogens with one attached hydrogen (secondary N) is 2. The monoisotopic (exact) mass is 404 g/mol. The summed E-state index contributed by atoms with van der Waals surface area (Å²) in [6.07, 6.45) is 6.84. The maximum absolute atomic E-state index is 13.2. The molecule has 2 aliphatic carbocycles. The fourth-order valence-corrected chi connectivity index (χ4v) is 5.65. The molecule has 2 fully saturated rings. The van der Waals surface area contributed by atoms with Gasteiger partial charge in [0.25, 0.3) is 0 Å². The number of benzene rings is 1. The molecule has 2 amide bonds. The number of carbonyl (C=O) groups is 2. The highest BCUT2D eigenvalue weighted by molar-refractivity contribution is 6.31. The van der Waals surface area contributed by atoms with E-state index in [4.69, 9.17) is 16.3 Å². The normalized spacial score (nSPS) is 28.6. The zero-order chi connectivity index (χ0) is 19.7. The van der Waals surface area contributed by atoms with Crippen LogP contribution in [0.3, 0.4) is 0 Å². The Balaban J connectivity index is 1.58. The van der Waals surface area contributed by atoms with E-state index in [0.29, 0.717) is 24.7 Å². The summed E-state index contributed by atoms with van der Waals surface area (Å²) in [5.41, 5.74) is 2.05. The van der Waals surface area contributed by atoms with Gasteiger partial charge >= 0.3 is 0 Å². The lowest BCUT2D eigenvalue weighted by Crippen LogP contribution is -2.44. The summed E-state index contributed by atoms with van der Waals surface area (Å²) in [5.74, 6) is 0.0134. The predicted molar refractivity (Wildman–Crippen MR) is 108 cm³/mol. The molecular formula is C22H29ClN2O3. The molecule has 0 aromatic heterocycles. The number of rotatable bonds is 3. The lowest BCUT2D eigenvalue weighted by Gasteiger charge is -2.37. The first-order valence-electron chi connectivity index (χ1n) is 10.4. The average molecular weight is 405 g/mol. The fraction of sp³-hybridized carbons (Fsp3) is 0.636. The molecule has 6 heteroatoms. The van der Waals surface area contributed by atoms with Crippen LogP contribution in [-0.2, 0) is 20.9 Å². The smallest absolute Gasteiger partial charge is 0.223 e. The van der Waals surface area contributed by atoms with Crippen molar-refractivity contribution in [2.75, 3.05) is 6.61 Å². The minimum atomic E-state index is -0.0708. The molecule has 2 saturated carbocycles. The standard InChI is InChI=1S/C22H29ClN2O3/c1-14(26)24-16-8-7-15(11-16)21(27)25-20-17-5-4-6-19(23)18(17)12-28-13-22(20)9-2-3-10-22/h4-6,15-16,20H,2-3,7-13H2,1H3,(H,24,26)(H,25,27)/t15-,16-,20?/m1/s1. The number of ether oxygens (including phenoxy) is 1. The van der Waals surface area contributed by atoms with E-state index in [2.05, 4.69) is 16.7 Å². The summed E-state index contributed by atoms with van der Waals surface area (Å²) in [6.45, 7) is 2.68. The highest BCUT2D eigenvalue weighted by Gasteiger charge is 2.46. The van der Waals surface area contributed by atoms with Crippen molar-refractivity contribution in [2.24, 2.45) is 11.3 Å². The second-order valence-corrected chi connectivity index (χ2v) is 9.13. The van der Waals surface area contributed by atoms with Gasteiger partial charge in [-0.2, -0.15) is 0 Å². The molecule has 0 bridgehead atoms. The minimum absolute atomic E-state index is 0.0274. The van der Waals surface area contributed by atoms with Crippen molar-refractivity contribution in [1.29, 1.82) is 0 Å². The summed E-state index contributed by atoms with van der Waals surface area (Å²) in [5, 5.41) is 7.06. The SMILES string of the molecule is CC(=O)N[C@@H]1CC[C@@H](C(=O)NC2c3cccc(Cl)c3COCC23CCCC3)C1. The molecule has 1 aliphatic heterocycles. The van der Waals surface area contributed by atoms with Crippen LogP contribution in [0.25, 0.3) is 0 Å². The molecule has 152 valence electrons. The molecule has 28 heavy (non-hydrogen) atoms. The summed E-state index contributed by atoms with van der Waals surface area (Å²) in [7, 11) is 0. The van der Waals surface area contributed by atoms with E-state index in [1.807, 2.05) is 12.1 Å². The van der Waals surface area contributed by atoms with Crippen LogP contribution in [0.2, 0.25) is 5.02 Å². The molecule has 1 aromatic rings. The summed E-state index contributed by atoms with van der Waals surface area (Å²) >= 11 is 6.47. The number of hydrogen-bond acceptors (Lipinski definition) is 3. The van der Waals surface area contributed by atoms with E-state index >= 15 is 0 Å². The van der Waals surface area contributed by atoms with Crippen LogP contribution in [0.15, 0.2) is 18.2 Å². The molecule has 1 heterocycles. The second kappa shape index (κ2) is 8.03. The first-order chi connectivity index (χ1) is 13.5.